The summed E-state index contributed by atoms with van der Waals surface area (Å²) in [5.41, 5.74) is 15.6. The van der Waals surface area contributed by atoms with Gasteiger partial charge in [-0.25, -0.2) is 71.2 Å². The number of aromatic nitrogens is 15. The standard InChI is InChI=1S/C19H15F2N7O3.C19H17F2N7O.C11H5ClFN5O2.C8H11FN2O/c1-31-10-14(13-4-2-11(20)6-22-13)25-19-16(28(29)30)8-24-18(26-19)15-7-23-17-5-3-12(21)9-27(15)17;1-29-10-15(14-4-2-11(20)6-23-14)26-18-13(22)7-25-19(27-18)16-8-24-17-5-3-12(21)9-28(16)17;12-10-7(18(19)20)3-15-11(16-10)8-4-14-9-2-1-6(13)5-17(8)9;1-12-5-7(10)8-3-2-6(9)4-11-8/h2-9,14H,10H2,1H3,(H,24,25,26);2-9,15H,10,22H2,1H3,(H,25,26,27);1-5H;2-4,7H,5,10H2,1H3. The second-order valence-electron chi connectivity index (χ2n) is 19.0. The van der Waals surface area contributed by atoms with Crippen molar-refractivity contribution in [3.63, 3.8) is 0 Å². The van der Waals surface area contributed by atoms with Crippen molar-refractivity contribution in [3.05, 3.63) is 225 Å². The Balaban J connectivity index is 0.000000152. The Morgan fingerprint density at radius 3 is 1.23 bits per heavy atom. The van der Waals surface area contributed by atoms with Crippen LogP contribution in [-0.4, -0.2) is 124 Å². The number of imidazole rings is 3. The monoisotopic (exact) mass is 1290 g/mol. The Morgan fingerprint density at radius 1 is 0.467 bits per heavy atom. The van der Waals surface area contributed by atoms with Crippen LogP contribution in [0.1, 0.15) is 35.2 Å². The van der Waals surface area contributed by atoms with Crippen LogP contribution in [0.15, 0.2) is 147 Å². The van der Waals surface area contributed by atoms with Crippen molar-refractivity contribution in [1.29, 1.82) is 0 Å². The number of fused-ring (bicyclic) bond motifs is 3. The van der Waals surface area contributed by atoms with Crippen molar-refractivity contribution in [2.24, 2.45) is 5.73 Å². The molecule has 35 heteroatoms. The van der Waals surface area contributed by atoms with Crippen LogP contribution in [0.3, 0.4) is 0 Å². The van der Waals surface area contributed by atoms with Gasteiger partial charge in [0.2, 0.25) is 11.0 Å². The smallest absolute Gasteiger partial charge is 0.329 e. The van der Waals surface area contributed by atoms with Gasteiger partial charge in [0, 0.05) is 39.9 Å². The van der Waals surface area contributed by atoms with E-state index < -0.39 is 56.7 Å². The van der Waals surface area contributed by atoms with E-state index in [1.165, 1.54) is 108 Å². The molecule has 3 atom stereocenters. The summed E-state index contributed by atoms with van der Waals surface area (Å²) >= 11 is 5.73. The van der Waals surface area contributed by atoms with E-state index in [0.29, 0.717) is 75.0 Å². The molecule has 0 bridgehead atoms. The number of hydrogen-bond acceptors (Lipinski definition) is 23. The topological polar surface area (TPSA) is 358 Å². The Labute approximate surface area is 519 Å². The van der Waals surface area contributed by atoms with E-state index in [1.54, 1.807) is 43.0 Å². The third-order valence-corrected chi connectivity index (χ3v) is 13.1. The average molecular weight is 1290 g/mol. The SMILES string of the molecule is COCC(N)c1ccc(F)cn1.COCC(Nc1nc(-c2cnc3ccc(F)cn23)ncc1N)c1ccc(F)cn1.COCC(Nc1nc(-c2cnc3ccc(F)cn23)ncc1[N+](=O)[O-])c1ccc(F)cn1.O=[N+]([O-])c1cnc(-c2cnc3ccc(F)cn23)nc1Cl. The molecule has 12 aromatic heterocycles. The van der Waals surface area contributed by atoms with Gasteiger partial charge in [0.05, 0.1) is 114 Å². The maximum absolute atomic E-state index is 13.7. The molecule has 0 aliphatic carbocycles. The van der Waals surface area contributed by atoms with Gasteiger partial charge in [-0.15, -0.1) is 0 Å². The highest BCUT2D eigenvalue weighted by Gasteiger charge is 2.25. The predicted octanol–water partition coefficient (Wildman–Crippen LogP) is 9.38. The summed E-state index contributed by atoms with van der Waals surface area (Å²) in [4.78, 5) is 70.0. The molecule has 92 heavy (non-hydrogen) atoms. The zero-order chi connectivity index (χ0) is 65.6. The van der Waals surface area contributed by atoms with E-state index >= 15 is 0 Å². The van der Waals surface area contributed by atoms with E-state index in [0.717, 1.165) is 31.0 Å². The lowest BCUT2D eigenvalue weighted by Gasteiger charge is -2.19. The molecule has 0 saturated heterocycles. The van der Waals surface area contributed by atoms with E-state index in [1.807, 2.05) is 0 Å². The third kappa shape index (κ3) is 15.9. The quantitative estimate of drug-likeness (QED) is 0.0269. The molecule has 12 rings (SSSR count). The van der Waals surface area contributed by atoms with Gasteiger partial charge >= 0.3 is 11.4 Å². The molecular formula is C57H48ClF6N21O7. The van der Waals surface area contributed by atoms with Crippen molar-refractivity contribution < 1.29 is 50.4 Å². The normalized spacial score (nSPS) is 12.0. The number of nitrogens with one attached hydrogen (secondary N) is 2. The van der Waals surface area contributed by atoms with Gasteiger partial charge in [-0.2, -0.15) is 0 Å². The zero-order valence-electron chi connectivity index (χ0n) is 48.0. The number of rotatable bonds is 18. The third-order valence-electron chi connectivity index (χ3n) is 12.8. The molecule has 0 aliphatic heterocycles. The summed E-state index contributed by atoms with van der Waals surface area (Å²) in [6.45, 7) is 0.715. The van der Waals surface area contributed by atoms with Crippen LogP contribution in [0.5, 0.6) is 0 Å². The molecule has 0 aromatic carbocycles. The number of pyridine rings is 6. The molecule has 0 radical (unpaired) electrons. The van der Waals surface area contributed by atoms with Gasteiger partial charge in [0.1, 0.15) is 81.3 Å². The number of ether oxygens (including phenoxy) is 3. The zero-order valence-corrected chi connectivity index (χ0v) is 48.7. The first kappa shape index (κ1) is 65.1. The molecule has 0 spiro atoms. The molecule has 28 nitrogen and oxygen atoms in total. The Hall–Kier alpha value is -11.3. The molecule has 3 unspecified atom stereocenters. The van der Waals surface area contributed by atoms with Gasteiger partial charge in [-0.3, -0.25) is 48.4 Å². The number of halogens is 7. The molecule has 0 saturated carbocycles. The first-order chi connectivity index (χ1) is 44.3. The Bertz CT molecular complexity index is 4540. The lowest BCUT2D eigenvalue weighted by atomic mass is 10.2. The highest BCUT2D eigenvalue weighted by molar-refractivity contribution is 6.31. The van der Waals surface area contributed by atoms with Crippen LogP contribution >= 0.6 is 11.6 Å². The molecule has 12 aromatic rings. The highest BCUT2D eigenvalue weighted by Crippen LogP contribution is 2.31. The highest BCUT2D eigenvalue weighted by atomic mass is 35.5. The van der Waals surface area contributed by atoms with Gasteiger partial charge in [-0.05, 0) is 72.8 Å². The summed E-state index contributed by atoms with van der Waals surface area (Å²) in [6.07, 6.45) is 15.0. The Morgan fingerprint density at radius 2 is 0.837 bits per heavy atom. The first-order valence-corrected chi connectivity index (χ1v) is 27.0. The largest absolute Gasteiger partial charge is 0.394 e. The van der Waals surface area contributed by atoms with Crippen molar-refractivity contribution in [2.75, 3.05) is 57.5 Å². The first-order valence-electron chi connectivity index (χ1n) is 26.6. The fourth-order valence-corrected chi connectivity index (χ4v) is 8.65. The second-order valence-corrected chi connectivity index (χ2v) is 19.4. The number of nitro groups is 2. The minimum Gasteiger partial charge on any atom is -0.394 e. The summed E-state index contributed by atoms with van der Waals surface area (Å²) < 4.78 is 99.1. The minimum atomic E-state index is -0.680. The van der Waals surface area contributed by atoms with Crippen LogP contribution < -0.4 is 22.1 Å². The summed E-state index contributed by atoms with van der Waals surface area (Å²) in [7, 11) is 4.55. The second kappa shape index (κ2) is 29.8. The van der Waals surface area contributed by atoms with E-state index in [-0.39, 0.29) is 53.4 Å². The van der Waals surface area contributed by atoms with Crippen molar-refractivity contribution in [3.8, 4) is 34.6 Å². The fourth-order valence-electron chi connectivity index (χ4n) is 8.45. The maximum Gasteiger partial charge on any atom is 0.329 e. The van der Waals surface area contributed by atoms with Crippen molar-refractivity contribution in [1.82, 2.24) is 73.0 Å². The van der Waals surface area contributed by atoms with Gasteiger partial charge in [0.25, 0.3) is 0 Å². The van der Waals surface area contributed by atoms with E-state index in [9.17, 15) is 46.6 Å². The summed E-state index contributed by atoms with van der Waals surface area (Å²) in [5, 5.41) is 28.0. The minimum absolute atomic E-state index is 0.0793. The molecule has 12 heterocycles. The Kier molecular flexibility index (Phi) is 21.1. The maximum atomic E-state index is 13.7. The van der Waals surface area contributed by atoms with Crippen LogP contribution in [0, 0.1) is 55.1 Å². The van der Waals surface area contributed by atoms with E-state index in [4.69, 9.17) is 37.3 Å². The number of nitrogens with two attached hydrogens (primary N) is 2. The lowest BCUT2D eigenvalue weighted by molar-refractivity contribution is -0.385. The molecule has 0 aliphatic rings. The van der Waals surface area contributed by atoms with Crippen LogP contribution in [0.4, 0.5) is 55.0 Å². The summed E-state index contributed by atoms with van der Waals surface area (Å²) in [5.74, 6) is -1.90. The number of hydrogen-bond donors (Lipinski definition) is 4. The molecule has 0 amide bonds. The lowest BCUT2D eigenvalue weighted by Crippen LogP contribution is -2.19. The predicted molar refractivity (Wildman–Crippen MR) is 319 cm³/mol. The number of anilines is 3. The van der Waals surface area contributed by atoms with Gasteiger partial charge < -0.3 is 36.3 Å². The van der Waals surface area contributed by atoms with Gasteiger partial charge in [0.15, 0.2) is 23.3 Å². The van der Waals surface area contributed by atoms with Crippen molar-refractivity contribution >= 4 is 57.2 Å². The van der Waals surface area contributed by atoms with E-state index in [2.05, 4.69) is 70.4 Å². The molecule has 472 valence electrons. The molecule has 6 N–H and O–H groups in total. The van der Waals surface area contributed by atoms with Crippen molar-refractivity contribution in [2.45, 2.75) is 18.1 Å². The van der Waals surface area contributed by atoms with Crippen LogP contribution in [0.25, 0.3) is 51.5 Å². The number of methoxy groups -OCH3 is 3. The van der Waals surface area contributed by atoms with Crippen LogP contribution in [0.2, 0.25) is 5.15 Å². The molecular weight excluding hydrogens is 1240 g/mol. The number of nitrogen functional groups attached to an aromatic ring is 1. The molecule has 0 fully saturated rings. The number of nitrogens with zero attached hydrogens (tertiary/aromatic N) is 17. The van der Waals surface area contributed by atoms with Gasteiger partial charge in [-0.1, -0.05) is 11.6 Å². The summed E-state index contributed by atoms with van der Waals surface area (Å²) in [6, 6.07) is 15.4. The average Bonchev–Trinajstić information content (AvgIpc) is 1.65. The van der Waals surface area contributed by atoms with Crippen LogP contribution in [-0.2, 0) is 14.2 Å². The fraction of sp³-hybridized carbons (Fsp3) is 0.158.